The molecule has 0 saturated heterocycles. The molecule has 1 aromatic carbocycles. The summed E-state index contributed by atoms with van der Waals surface area (Å²) in [6, 6.07) is 2.39. The first-order chi connectivity index (χ1) is 7.43. The number of carbonyl (C=O) groups is 1. The zero-order valence-corrected chi connectivity index (χ0v) is 8.09. The number of benzene rings is 1. The molecule has 0 aliphatic heterocycles. The van der Waals surface area contributed by atoms with Gasteiger partial charge in [-0.1, -0.05) is 12.1 Å². The highest BCUT2D eigenvalue weighted by atomic mass is 19.1. The van der Waals surface area contributed by atoms with Crippen LogP contribution in [0.3, 0.4) is 0 Å². The van der Waals surface area contributed by atoms with Gasteiger partial charge >= 0.3 is 11.7 Å². The van der Waals surface area contributed by atoms with E-state index in [1.165, 1.54) is 12.1 Å². The molecule has 0 radical (unpaired) electrons. The second-order valence-corrected chi connectivity index (χ2v) is 3.14. The molecule has 16 heavy (non-hydrogen) atoms. The Balaban J connectivity index is 3.10. The Morgan fingerprint density at radius 2 is 2.25 bits per heavy atom. The van der Waals surface area contributed by atoms with Crippen LogP contribution >= 0.6 is 0 Å². The normalized spacial score (nSPS) is 12.1. The minimum Gasteiger partial charge on any atom is -0.481 e. The molecule has 3 N–H and O–H groups in total. The number of nitro groups is 1. The largest absolute Gasteiger partial charge is 0.481 e. The minimum atomic E-state index is -1.20. The van der Waals surface area contributed by atoms with Crippen molar-refractivity contribution >= 4 is 11.7 Å². The summed E-state index contributed by atoms with van der Waals surface area (Å²) in [4.78, 5) is 19.9. The lowest BCUT2D eigenvalue weighted by atomic mass is 10.0. The summed E-state index contributed by atoms with van der Waals surface area (Å²) < 4.78 is 13.5. The second kappa shape index (κ2) is 4.67. The lowest BCUT2D eigenvalue weighted by Crippen LogP contribution is -2.16. The van der Waals surface area contributed by atoms with Crippen LogP contribution in [-0.2, 0) is 4.79 Å². The Bertz CT molecular complexity index is 436. The van der Waals surface area contributed by atoms with E-state index in [9.17, 15) is 19.3 Å². The second-order valence-electron chi connectivity index (χ2n) is 3.14. The zero-order chi connectivity index (χ0) is 12.3. The Morgan fingerprint density at radius 3 is 2.75 bits per heavy atom. The van der Waals surface area contributed by atoms with Gasteiger partial charge in [-0.2, -0.15) is 4.39 Å². The van der Waals surface area contributed by atoms with E-state index in [0.717, 1.165) is 6.07 Å². The Labute approximate surface area is 89.6 Å². The quantitative estimate of drug-likeness (QED) is 0.595. The van der Waals surface area contributed by atoms with E-state index in [-0.39, 0.29) is 5.56 Å². The molecule has 0 heterocycles. The van der Waals surface area contributed by atoms with Gasteiger partial charge in [0, 0.05) is 17.7 Å². The number of aliphatic carboxylic acids is 1. The van der Waals surface area contributed by atoms with Crippen LogP contribution in [0.4, 0.5) is 10.1 Å². The predicted octanol–water partition coefficient (Wildman–Crippen LogP) is 1.21. The Morgan fingerprint density at radius 1 is 1.62 bits per heavy atom. The Hall–Kier alpha value is -2.02. The molecule has 0 aliphatic rings. The van der Waals surface area contributed by atoms with Crippen LogP contribution in [0.2, 0.25) is 0 Å². The first-order valence-electron chi connectivity index (χ1n) is 4.33. The molecule has 0 bridgehead atoms. The molecule has 0 saturated carbocycles. The summed E-state index contributed by atoms with van der Waals surface area (Å²) in [7, 11) is 0. The summed E-state index contributed by atoms with van der Waals surface area (Å²) in [5.41, 5.74) is 4.54. The molecule has 6 nitrogen and oxygen atoms in total. The van der Waals surface area contributed by atoms with Gasteiger partial charge in [0.05, 0.1) is 11.3 Å². The van der Waals surface area contributed by atoms with Crippen LogP contribution in [0, 0.1) is 15.9 Å². The number of carboxylic acids is 1. The van der Waals surface area contributed by atoms with Crippen LogP contribution in [0.1, 0.15) is 18.0 Å². The van der Waals surface area contributed by atoms with E-state index in [1.807, 2.05) is 0 Å². The molecular formula is C9H9FN2O4. The van der Waals surface area contributed by atoms with E-state index in [0.29, 0.717) is 0 Å². The highest BCUT2D eigenvalue weighted by Gasteiger charge is 2.22. The van der Waals surface area contributed by atoms with Crippen molar-refractivity contribution in [2.45, 2.75) is 12.5 Å². The summed E-state index contributed by atoms with van der Waals surface area (Å²) in [6.07, 6.45) is -0.488. The average molecular weight is 228 g/mol. The molecule has 0 aromatic heterocycles. The van der Waals surface area contributed by atoms with Crippen molar-refractivity contribution in [3.8, 4) is 0 Å². The smallest absolute Gasteiger partial charge is 0.305 e. The van der Waals surface area contributed by atoms with E-state index in [1.54, 1.807) is 0 Å². The number of hydrogen-bond acceptors (Lipinski definition) is 4. The van der Waals surface area contributed by atoms with Crippen molar-refractivity contribution in [2.24, 2.45) is 5.73 Å². The third-order valence-electron chi connectivity index (χ3n) is 2.00. The number of hydrogen-bond donors (Lipinski definition) is 2. The van der Waals surface area contributed by atoms with E-state index in [4.69, 9.17) is 10.8 Å². The fourth-order valence-corrected chi connectivity index (χ4v) is 1.26. The monoisotopic (exact) mass is 228 g/mol. The number of nitrogens with zero attached hydrogens (tertiary/aromatic N) is 1. The topological polar surface area (TPSA) is 106 Å². The van der Waals surface area contributed by atoms with E-state index in [2.05, 4.69) is 0 Å². The zero-order valence-electron chi connectivity index (χ0n) is 8.09. The van der Waals surface area contributed by atoms with Crippen molar-refractivity contribution in [3.05, 3.63) is 39.7 Å². The maximum absolute atomic E-state index is 13.5. The van der Waals surface area contributed by atoms with Crippen molar-refractivity contribution in [1.82, 2.24) is 0 Å². The lowest BCUT2D eigenvalue weighted by Gasteiger charge is -2.09. The van der Waals surface area contributed by atoms with Crippen LogP contribution in [0.15, 0.2) is 18.2 Å². The number of halogens is 1. The minimum absolute atomic E-state index is 0.170. The van der Waals surface area contributed by atoms with Crippen LogP contribution < -0.4 is 5.73 Å². The average Bonchev–Trinajstić information content (AvgIpc) is 2.16. The number of nitro benzene ring substituents is 1. The molecule has 86 valence electrons. The predicted molar refractivity (Wildman–Crippen MR) is 52.2 cm³/mol. The molecule has 1 rings (SSSR count). The highest BCUT2D eigenvalue weighted by molar-refractivity contribution is 5.68. The third-order valence-corrected chi connectivity index (χ3v) is 2.00. The van der Waals surface area contributed by atoms with Crippen LogP contribution in [-0.4, -0.2) is 16.0 Å². The molecule has 1 aromatic rings. The van der Waals surface area contributed by atoms with Gasteiger partial charge in [0.2, 0.25) is 5.82 Å². The van der Waals surface area contributed by atoms with Gasteiger partial charge in [0.1, 0.15) is 0 Å². The molecule has 1 atom stereocenters. The van der Waals surface area contributed by atoms with Crippen molar-refractivity contribution in [3.63, 3.8) is 0 Å². The maximum atomic E-state index is 13.5. The van der Waals surface area contributed by atoms with Gasteiger partial charge in [-0.3, -0.25) is 14.9 Å². The van der Waals surface area contributed by atoms with E-state index >= 15 is 0 Å². The Kier molecular flexibility index (Phi) is 3.51. The van der Waals surface area contributed by atoms with Crippen molar-refractivity contribution in [1.29, 1.82) is 0 Å². The third kappa shape index (κ3) is 2.51. The molecular weight excluding hydrogens is 219 g/mol. The summed E-state index contributed by atoms with van der Waals surface area (Å²) in [5.74, 6) is -2.28. The highest BCUT2D eigenvalue weighted by Crippen LogP contribution is 2.25. The van der Waals surface area contributed by atoms with E-state index < -0.39 is 34.9 Å². The fourth-order valence-electron chi connectivity index (χ4n) is 1.26. The molecule has 1 unspecified atom stereocenters. The standard InChI is InChI=1S/C9H9FN2O4/c10-9-5(6(11)4-8(13)14)2-1-3-7(9)12(15)16/h1-3,6H,4,11H2,(H,13,14). The molecule has 7 heteroatoms. The number of nitrogens with two attached hydrogens (primary N) is 1. The fraction of sp³-hybridized carbons (Fsp3) is 0.222. The van der Waals surface area contributed by atoms with Gasteiger partial charge in [-0.25, -0.2) is 0 Å². The van der Waals surface area contributed by atoms with Gasteiger partial charge < -0.3 is 10.8 Å². The molecule has 0 fully saturated rings. The van der Waals surface area contributed by atoms with Crippen molar-refractivity contribution < 1.29 is 19.2 Å². The van der Waals surface area contributed by atoms with Crippen molar-refractivity contribution in [2.75, 3.05) is 0 Å². The molecule has 0 aliphatic carbocycles. The maximum Gasteiger partial charge on any atom is 0.305 e. The van der Waals surface area contributed by atoms with Crippen LogP contribution in [0.25, 0.3) is 0 Å². The van der Waals surface area contributed by atoms with Crippen LogP contribution in [0.5, 0.6) is 0 Å². The number of rotatable bonds is 4. The summed E-state index contributed by atoms with van der Waals surface area (Å²) >= 11 is 0. The number of carboxylic acid groups (broad SMARTS) is 1. The van der Waals surface area contributed by atoms with Gasteiger partial charge in [0.15, 0.2) is 0 Å². The first kappa shape index (κ1) is 12.1. The summed E-state index contributed by atoms with van der Waals surface area (Å²) in [5, 5.41) is 18.9. The SMILES string of the molecule is NC(CC(=O)O)c1cccc([N+](=O)[O-])c1F. The van der Waals surface area contributed by atoms with Gasteiger partial charge in [-0.15, -0.1) is 0 Å². The molecule has 0 spiro atoms. The summed E-state index contributed by atoms with van der Waals surface area (Å²) in [6.45, 7) is 0. The van der Waals surface area contributed by atoms with Gasteiger partial charge in [0.25, 0.3) is 0 Å². The lowest BCUT2D eigenvalue weighted by molar-refractivity contribution is -0.387. The first-order valence-corrected chi connectivity index (χ1v) is 4.33. The van der Waals surface area contributed by atoms with Gasteiger partial charge in [-0.05, 0) is 0 Å². The molecule has 0 amide bonds.